The summed E-state index contributed by atoms with van der Waals surface area (Å²) in [5.41, 5.74) is 1.72. The molecule has 156 valence electrons. The molecule has 3 fully saturated rings. The van der Waals surface area contributed by atoms with Gasteiger partial charge < -0.3 is 14.5 Å². The third-order valence-corrected chi connectivity index (χ3v) is 5.97. The number of carbonyl (C=O) groups excluding carboxylic acids is 2. The minimum Gasteiger partial charge on any atom is -0.447 e. The highest BCUT2D eigenvalue weighted by atomic mass is 19.1. The predicted octanol–water partition coefficient (Wildman–Crippen LogP) is 3.02. The van der Waals surface area contributed by atoms with Gasteiger partial charge in [-0.05, 0) is 48.6 Å². The molecule has 2 saturated heterocycles. The van der Waals surface area contributed by atoms with Gasteiger partial charge in [0, 0.05) is 32.4 Å². The van der Waals surface area contributed by atoms with Crippen LogP contribution in [-0.2, 0) is 4.74 Å². The number of benzene rings is 1. The third kappa shape index (κ3) is 3.58. The van der Waals surface area contributed by atoms with Gasteiger partial charge in [0.15, 0.2) is 0 Å². The Hall–Kier alpha value is -3.16. The molecule has 1 aliphatic carbocycles. The highest BCUT2D eigenvalue weighted by molar-refractivity contribution is 5.96. The molecule has 0 bridgehead atoms. The second-order valence-electron chi connectivity index (χ2n) is 7.93. The van der Waals surface area contributed by atoms with Crippen LogP contribution in [0.5, 0.6) is 0 Å². The maximum atomic E-state index is 14.6. The van der Waals surface area contributed by atoms with Crippen molar-refractivity contribution >= 4 is 23.5 Å². The molecule has 0 spiro atoms. The summed E-state index contributed by atoms with van der Waals surface area (Å²) in [6.45, 7) is 2.98. The molecule has 2 aliphatic heterocycles. The lowest BCUT2D eigenvalue weighted by atomic mass is 10.1. The average molecular weight is 410 g/mol. The summed E-state index contributed by atoms with van der Waals surface area (Å²) >= 11 is 0. The normalized spacial score (nSPS) is 19.2. The standard InChI is InChI=1S/C22H23FN4O3/c23-19-13-17(27-11-12-30-22(27)29)4-5-18(19)21(28)26-9-7-25(8-10-26)20-6-3-16(14-24-20)15-1-2-15/h3-6,13-15H,1-2,7-12H2. The maximum Gasteiger partial charge on any atom is 0.414 e. The quantitative estimate of drug-likeness (QED) is 0.775. The Morgan fingerprint density at radius 3 is 2.47 bits per heavy atom. The van der Waals surface area contributed by atoms with Crippen LogP contribution < -0.4 is 9.80 Å². The second kappa shape index (κ2) is 7.59. The monoisotopic (exact) mass is 410 g/mol. The molecule has 7 nitrogen and oxygen atoms in total. The fraction of sp³-hybridized carbons (Fsp3) is 0.409. The molecule has 5 rings (SSSR count). The van der Waals surface area contributed by atoms with E-state index in [0.717, 1.165) is 5.82 Å². The van der Waals surface area contributed by atoms with Crippen molar-refractivity contribution in [2.75, 3.05) is 49.1 Å². The number of piperazine rings is 1. The van der Waals surface area contributed by atoms with E-state index in [1.807, 2.05) is 12.3 Å². The molecule has 1 saturated carbocycles. The first-order chi connectivity index (χ1) is 14.6. The Morgan fingerprint density at radius 2 is 1.87 bits per heavy atom. The third-order valence-electron chi connectivity index (χ3n) is 5.97. The van der Waals surface area contributed by atoms with Crippen LogP contribution in [0.1, 0.15) is 34.7 Å². The van der Waals surface area contributed by atoms with Gasteiger partial charge in [-0.25, -0.2) is 14.2 Å². The highest BCUT2D eigenvalue weighted by Crippen LogP contribution is 2.39. The number of amides is 2. The summed E-state index contributed by atoms with van der Waals surface area (Å²) in [6, 6.07) is 8.45. The van der Waals surface area contributed by atoms with Crippen molar-refractivity contribution in [2.45, 2.75) is 18.8 Å². The van der Waals surface area contributed by atoms with E-state index in [2.05, 4.69) is 16.0 Å². The second-order valence-corrected chi connectivity index (χ2v) is 7.93. The molecule has 1 aromatic heterocycles. The maximum absolute atomic E-state index is 14.6. The minimum atomic E-state index is -0.628. The average Bonchev–Trinajstić information content (AvgIpc) is 3.54. The first kappa shape index (κ1) is 18.8. The molecule has 1 aromatic carbocycles. The van der Waals surface area contributed by atoms with Crippen LogP contribution in [0.25, 0.3) is 0 Å². The molecular weight excluding hydrogens is 387 g/mol. The lowest BCUT2D eigenvalue weighted by Gasteiger charge is -2.35. The van der Waals surface area contributed by atoms with Gasteiger partial charge in [0.1, 0.15) is 18.2 Å². The molecule has 0 unspecified atom stereocenters. The van der Waals surface area contributed by atoms with Crippen LogP contribution in [0.3, 0.4) is 0 Å². The van der Waals surface area contributed by atoms with Crippen LogP contribution >= 0.6 is 0 Å². The lowest BCUT2D eigenvalue weighted by Crippen LogP contribution is -2.49. The molecule has 3 heterocycles. The molecule has 0 atom stereocenters. The number of carbonyl (C=O) groups is 2. The number of ether oxygens (including phenoxy) is 1. The summed E-state index contributed by atoms with van der Waals surface area (Å²) in [5.74, 6) is 0.634. The number of halogens is 1. The van der Waals surface area contributed by atoms with E-state index in [-0.39, 0.29) is 18.1 Å². The van der Waals surface area contributed by atoms with Crippen LogP contribution in [0, 0.1) is 5.82 Å². The summed E-state index contributed by atoms with van der Waals surface area (Å²) in [5, 5.41) is 0. The molecule has 30 heavy (non-hydrogen) atoms. The van der Waals surface area contributed by atoms with Crippen LogP contribution in [0.2, 0.25) is 0 Å². The number of anilines is 2. The molecule has 0 N–H and O–H groups in total. The first-order valence-electron chi connectivity index (χ1n) is 10.3. The number of pyridine rings is 1. The SMILES string of the molecule is O=C(c1ccc(N2CCOC2=O)cc1F)N1CCN(c2ccc(C3CC3)cn2)CC1. The van der Waals surface area contributed by atoms with Crippen LogP contribution in [0.4, 0.5) is 20.7 Å². The van der Waals surface area contributed by atoms with Crippen molar-refractivity contribution in [1.82, 2.24) is 9.88 Å². The van der Waals surface area contributed by atoms with Gasteiger partial charge >= 0.3 is 6.09 Å². The zero-order valence-electron chi connectivity index (χ0n) is 16.6. The Morgan fingerprint density at radius 1 is 1.07 bits per heavy atom. The van der Waals surface area contributed by atoms with E-state index in [0.29, 0.717) is 44.3 Å². The van der Waals surface area contributed by atoms with Gasteiger partial charge in [-0.3, -0.25) is 9.69 Å². The number of nitrogens with zero attached hydrogens (tertiary/aromatic N) is 4. The fourth-order valence-corrected chi connectivity index (χ4v) is 4.03. The van der Waals surface area contributed by atoms with Crippen molar-refractivity contribution in [1.29, 1.82) is 0 Å². The van der Waals surface area contributed by atoms with Gasteiger partial charge in [-0.1, -0.05) is 6.07 Å². The predicted molar refractivity (Wildman–Crippen MR) is 109 cm³/mol. The van der Waals surface area contributed by atoms with Crippen molar-refractivity contribution in [2.24, 2.45) is 0 Å². The first-order valence-corrected chi connectivity index (χ1v) is 10.3. The summed E-state index contributed by atoms with van der Waals surface area (Å²) in [4.78, 5) is 34.2. The van der Waals surface area contributed by atoms with E-state index in [4.69, 9.17) is 4.74 Å². The minimum absolute atomic E-state index is 0.0201. The van der Waals surface area contributed by atoms with E-state index in [9.17, 15) is 14.0 Å². The highest BCUT2D eigenvalue weighted by Gasteiger charge is 2.28. The Kier molecular flexibility index (Phi) is 4.77. The Balaban J connectivity index is 1.22. The van der Waals surface area contributed by atoms with E-state index < -0.39 is 11.9 Å². The molecule has 2 amide bonds. The van der Waals surface area contributed by atoms with Crippen molar-refractivity contribution in [3.63, 3.8) is 0 Å². The van der Waals surface area contributed by atoms with Crippen LogP contribution in [0.15, 0.2) is 36.5 Å². The van der Waals surface area contributed by atoms with Crippen molar-refractivity contribution in [3.05, 3.63) is 53.5 Å². The summed E-state index contributed by atoms with van der Waals surface area (Å²) in [6.07, 6.45) is 3.96. The lowest BCUT2D eigenvalue weighted by molar-refractivity contribution is 0.0742. The molecule has 2 aromatic rings. The zero-order valence-corrected chi connectivity index (χ0v) is 16.6. The number of hydrogen-bond donors (Lipinski definition) is 0. The van der Waals surface area contributed by atoms with Gasteiger partial charge in [0.05, 0.1) is 17.8 Å². The van der Waals surface area contributed by atoms with Crippen LogP contribution in [-0.4, -0.2) is 61.2 Å². The number of aromatic nitrogens is 1. The number of rotatable bonds is 4. The number of cyclic esters (lactones) is 1. The van der Waals surface area contributed by atoms with Gasteiger partial charge in [0.2, 0.25) is 0 Å². The Bertz CT molecular complexity index is 969. The smallest absolute Gasteiger partial charge is 0.414 e. The molecule has 0 radical (unpaired) electrons. The molecule has 8 heteroatoms. The topological polar surface area (TPSA) is 66.0 Å². The largest absolute Gasteiger partial charge is 0.447 e. The van der Waals surface area contributed by atoms with Gasteiger partial charge in [0.25, 0.3) is 5.91 Å². The van der Waals surface area contributed by atoms with Gasteiger partial charge in [-0.2, -0.15) is 0 Å². The zero-order chi connectivity index (χ0) is 20.7. The summed E-state index contributed by atoms with van der Waals surface area (Å²) < 4.78 is 19.5. The molecule has 3 aliphatic rings. The number of hydrogen-bond acceptors (Lipinski definition) is 5. The van der Waals surface area contributed by atoms with E-state index in [1.54, 1.807) is 11.0 Å². The molecular formula is C22H23FN4O3. The van der Waals surface area contributed by atoms with E-state index in [1.165, 1.54) is 35.4 Å². The Labute approximate surface area is 174 Å². The van der Waals surface area contributed by atoms with Gasteiger partial charge in [-0.15, -0.1) is 0 Å². The van der Waals surface area contributed by atoms with Crippen molar-refractivity contribution < 1.29 is 18.7 Å². The van der Waals surface area contributed by atoms with Crippen molar-refractivity contribution in [3.8, 4) is 0 Å². The fourth-order valence-electron chi connectivity index (χ4n) is 4.03. The summed E-state index contributed by atoms with van der Waals surface area (Å²) in [7, 11) is 0. The van der Waals surface area contributed by atoms with E-state index >= 15 is 0 Å².